The van der Waals surface area contributed by atoms with Crippen molar-refractivity contribution in [1.29, 1.82) is 10.8 Å². The van der Waals surface area contributed by atoms with Gasteiger partial charge in [-0.15, -0.1) is 0 Å². The Morgan fingerprint density at radius 1 is 1.25 bits per heavy atom. The highest BCUT2D eigenvalue weighted by atomic mass is 32.3. The molecule has 9 nitrogen and oxygen atoms in total. The van der Waals surface area contributed by atoms with E-state index in [0.29, 0.717) is 37.3 Å². The lowest BCUT2D eigenvalue weighted by Crippen LogP contribution is -2.34. The van der Waals surface area contributed by atoms with Crippen LogP contribution in [0.1, 0.15) is 26.2 Å². The van der Waals surface area contributed by atoms with Crippen molar-refractivity contribution in [3.8, 4) is 0 Å². The lowest BCUT2D eigenvalue weighted by molar-refractivity contribution is 0.0923. The van der Waals surface area contributed by atoms with E-state index in [9.17, 15) is 8.42 Å². The van der Waals surface area contributed by atoms with Crippen molar-refractivity contribution in [1.82, 2.24) is 14.1 Å². The summed E-state index contributed by atoms with van der Waals surface area (Å²) in [4.78, 5) is 4.42. The minimum Gasteiger partial charge on any atom is -0.360 e. The highest BCUT2D eigenvalue weighted by Gasteiger charge is 2.39. The van der Waals surface area contributed by atoms with Gasteiger partial charge in [0.1, 0.15) is 18.1 Å². The average Bonchev–Trinajstić information content (AvgIpc) is 3.26. The molecule has 0 aromatic carbocycles. The summed E-state index contributed by atoms with van der Waals surface area (Å²) in [7, 11) is -4.17. The highest BCUT2D eigenvalue weighted by molar-refractivity contribution is 8.32. The number of aromatic nitrogens is 3. The van der Waals surface area contributed by atoms with E-state index in [1.807, 2.05) is 23.8 Å². The summed E-state index contributed by atoms with van der Waals surface area (Å²) in [5.41, 5.74) is 1.46. The van der Waals surface area contributed by atoms with E-state index >= 15 is 0 Å². The van der Waals surface area contributed by atoms with Crippen molar-refractivity contribution in [3.63, 3.8) is 0 Å². The summed E-state index contributed by atoms with van der Waals surface area (Å²) in [5, 5.41) is 17.3. The van der Waals surface area contributed by atoms with Crippen LogP contribution in [0.4, 0.5) is 0 Å². The van der Waals surface area contributed by atoms with Gasteiger partial charge in [0.25, 0.3) is 10.1 Å². The minimum absolute atomic E-state index is 0.120. The Hall–Kier alpha value is -1.69. The second-order valence-corrected chi connectivity index (χ2v) is 15.5. The number of hydrogen-bond donors (Lipinski definition) is 2. The average molecular weight is 486 g/mol. The van der Waals surface area contributed by atoms with Crippen molar-refractivity contribution in [3.05, 3.63) is 23.9 Å². The third kappa shape index (κ3) is 6.00. The molecule has 0 amide bonds. The molecule has 180 valence electrons. The van der Waals surface area contributed by atoms with Gasteiger partial charge in [-0.2, -0.15) is 8.42 Å². The summed E-state index contributed by atoms with van der Waals surface area (Å²) in [6.45, 7) is 3.07. The Labute approximate surface area is 191 Å². The molecular weight excluding hydrogens is 450 g/mol. The number of rotatable bonds is 9. The number of hydrogen-bond acceptors (Lipinski definition) is 7. The molecule has 3 unspecified atom stereocenters. The van der Waals surface area contributed by atoms with Crippen LogP contribution in [0.3, 0.4) is 0 Å². The fourth-order valence-corrected chi connectivity index (χ4v) is 5.53. The molecule has 2 N–H and O–H groups in total. The van der Waals surface area contributed by atoms with E-state index < -0.39 is 26.3 Å². The first-order chi connectivity index (χ1) is 14.9. The van der Waals surface area contributed by atoms with Crippen LogP contribution in [0.25, 0.3) is 11.2 Å². The van der Waals surface area contributed by atoms with Crippen LogP contribution >= 0.6 is 10.0 Å². The second kappa shape index (κ2) is 9.66. The fraction of sp³-hybridized carbons (Fsp3) is 0.667. The van der Waals surface area contributed by atoms with Crippen LogP contribution in [-0.2, 0) is 25.8 Å². The SMILES string of the molecule is CCC1CC(OS(C)(=O)=O)CC1C(=N)n1c(=N)cnc2c1ccn2COCCS(C)(C)C. The van der Waals surface area contributed by atoms with Gasteiger partial charge in [0.15, 0.2) is 5.65 Å². The molecule has 3 atom stereocenters. The molecule has 1 aliphatic rings. The predicted octanol–water partition coefficient (Wildman–Crippen LogP) is 2.59. The van der Waals surface area contributed by atoms with Gasteiger partial charge in [-0.05, 0) is 43.6 Å². The van der Waals surface area contributed by atoms with Crippen molar-refractivity contribution < 1.29 is 17.3 Å². The Kier molecular flexibility index (Phi) is 7.53. The molecule has 0 saturated heterocycles. The smallest absolute Gasteiger partial charge is 0.264 e. The quantitative estimate of drug-likeness (QED) is 0.245. The Bertz CT molecular complexity index is 1130. The van der Waals surface area contributed by atoms with Crippen molar-refractivity contribution >= 4 is 37.1 Å². The topological polar surface area (TPSA) is 123 Å². The maximum absolute atomic E-state index is 11.6. The van der Waals surface area contributed by atoms with E-state index in [1.54, 1.807) is 4.57 Å². The molecule has 2 heterocycles. The first-order valence-electron chi connectivity index (χ1n) is 10.7. The normalized spacial score (nSPS) is 22.5. The minimum atomic E-state index is -3.55. The summed E-state index contributed by atoms with van der Waals surface area (Å²) >= 11 is 0. The predicted molar refractivity (Wildman–Crippen MR) is 129 cm³/mol. The molecule has 0 radical (unpaired) electrons. The molecule has 1 saturated carbocycles. The first kappa shape index (κ1) is 24.9. The van der Waals surface area contributed by atoms with E-state index in [4.69, 9.17) is 19.7 Å². The first-order valence-corrected chi connectivity index (χ1v) is 15.6. The largest absolute Gasteiger partial charge is 0.360 e. The van der Waals surface area contributed by atoms with Crippen LogP contribution in [0, 0.1) is 22.7 Å². The maximum Gasteiger partial charge on any atom is 0.264 e. The van der Waals surface area contributed by atoms with E-state index in [-0.39, 0.29) is 23.2 Å². The van der Waals surface area contributed by atoms with Crippen LogP contribution in [-0.4, -0.2) is 71.9 Å². The number of nitrogens with one attached hydrogen (secondary N) is 2. The summed E-state index contributed by atoms with van der Waals surface area (Å²) in [6.07, 6.45) is 12.5. The van der Waals surface area contributed by atoms with Gasteiger partial charge < -0.3 is 9.30 Å². The zero-order valence-electron chi connectivity index (χ0n) is 19.5. The molecule has 1 fully saturated rings. The Morgan fingerprint density at radius 2 is 1.97 bits per heavy atom. The number of ether oxygens (including phenoxy) is 1. The standard InChI is InChI=1S/C21H35N5O4S2/c1-6-15-11-16(30-32(5,27)28)12-17(15)20(23)26-18-7-8-25(21(18)24-13-19(26)22)14-29-9-10-31(2,3)4/h7-8,13,15-17,22-23H,6,9-12,14H2,1-5H3. The monoisotopic (exact) mass is 485 g/mol. The number of fused-ring (bicyclic) bond motifs is 1. The molecule has 0 aliphatic heterocycles. The van der Waals surface area contributed by atoms with Crippen LogP contribution in [0.5, 0.6) is 0 Å². The Morgan fingerprint density at radius 3 is 2.59 bits per heavy atom. The molecule has 0 bridgehead atoms. The second-order valence-electron chi connectivity index (χ2n) is 9.36. The van der Waals surface area contributed by atoms with Crippen LogP contribution in [0.15, 0.2) is 18.5 Å². The molecule has 2 aromatic rings. The van der Waals surface area contributed by atoms with E-state index in [2.05, 4.69) is 23.8 Å². The molecule has 1 aliphatic carbocycles. The molecule has 3 rings (SSSR count). The van der Waals surface area contributed by atoms with Gasteiger partial charge in [0, 0.05) is 17.9 Å². The summed E-state index contributed by atoms with van der Waals surface area (Å²) < 4.78 is 37.8. The zero-order valence-corrected chi connectivity index (χ0v) is 21.1. The van der Waals surface area contributed by atoms with Crippen molar-refractivity contribution in [2.75, 3.05) is 37.4 Å². The lowest BCUT2D eigenvalue weighted by Gasteiger charge is -2.24. The summed E-state index contributed by atoms with van der Waals surface area (Å²) in [5.74, 6) is 1.23. The number of nitrogens with zero attached hydrogens (tertiary/aromatic N) is 3. The third-order valence-electron chi connectivity index (χ3n) is 5.85. The highest BCUT2D eigenvalue weighted by Crippen LogP contribution is 2.38. The van der Waals surface area contributed by atoms with Gasteiger partial charge in [-0.1, -0.05) is 13.3 Å². The molecule has 11 heteroatoms. The lowest BCUT2D eigenvalue weighted by atomic mass is 9.92. The molecule has 2 aromatic heterocycles. The van der Waals surface area contributed by atoms with Crippen LogP contribution < -0.4 is 5.49 Å². The fourth-order valence-electron chi connectivity index (χ4n) is 4.26. The summed E-state index contributed by atoms with van der Waals surface area (Å²) in [6, 6.07) is 1.85. The van der Waals surface area contributed by atoms with Gasteiger partial charge in [0.05, 0.1) is 30.7 Å². The van der Waals surface area contributed by atoms with Gasteiger partial charge in [0.2, 0.25) is 0 Å². The third-order valence-corrected chi connectivity index (χ3v) is 7.87. The maximum atomic E-state index is 11.6. The van der Waals surface area contributed by atoms with Crippen molar-refractivity contribution in [2.45, 2.75) is 39.0 Å². The van der Waals surface area contributed by atoms with Gasteiger partial charge in [-0.25, -0.2) is 15.0 Å². The molecular formula is C21H35N5O4S2. The molecule has 0 spiro atoms. The van der Waals surface area contributed by atoms with Crippen molar-refractivity contribution in [2.24, 2.45) is 11.8 Å². The van der Waals surface area contributed by atoms with E-state index in [1.165, 1.54) is 6.20 Å². The zero-order chi connectivity index (χ0) is 23.7. The van der Waals surface area contributed by atoms with Crippen LogP contribution in [0.2, 0.25) is 0 Å². The molecule has 32 heavy (non-hydrogen) atoms. The van der Waals surface area contributed by atoms with Gasteiger partial charge in [-0.3, -0.25) is 19.6 Å². The Balaban J connectivity index is 1.83. The van der Waals surface area contributed by atoms with E-state index in [0.717, 1.165) is 18.4 Å². The van der Waals surface area contributed by atoms with Gasteiger partial charge >= 0.3 is 0 Å².